The minimum atomic E-state index is -0.487. The van der Waals surface area contributed by atoms with Crippen LogP contribution in [0.4, 0.5) is 0 Å². The first-order chi connectivity index (χ1) is 7.54. The van der Waals surface area contributed by atoms with Gasteiger partial charge in [0.2, 0.25) is 0 Å². The van der Waals surface area contributed by atoms with Crippen LogP contribution in [0.15, 0.2) is 28.7 Å². The van der Waals surface area contributed by atoms with E-state index >= 15 is 0 Å². The molecule has 3 nitrogen and oxygen atoms in total. The largest absolute Gasteiger partial charge is 0.340 e. The van der Waals surface area contributed by atoms with Crippen molar-refractivity contribution in [1.29, 1.82) is 0 Å². The van der Waals surface area contributed by atoms with Gasteiger partial charge >= 0.3 is 0 Å². The van der Waals surface area contributed by atoms with Crippen molar-refractivity contribution in [3.63, 3.8) is 0 Å². The first-order valence-electron chi connectivity index (χ1n) is 5.06. The number of carbonyl (C=O) groups is 1. The highest BCUT2D eigenvalue weighted by atomic mass is 79.9. The smallest absolute Gasteiger partial charge is 0.196 e. The van der Waals surface area contributed by atoms with Crippen molar-refractivity contribution in [3.8, 4) is 0 Å². The zero-order chi connectivity index (χ0) is 11.9. The van der Waals surface area contributed by atoms with Gasteiger partial charge in [0.05, 0.1) is 10.5 Å². The standard InChI is InChI=1S/C12H13BrN2O/c1-7(14)12(16)11-10(13)8-5-3-4-6-9(8)15(11)2/h3-7H,14H2,1-2H3. The number of Topliss-reactive ketones (excluding diaryl/α,β-unsaturated/α-hetero) is 1. The number of ketones is 1. The summed E-state index contributed by atoms with van der Waals surface area (Å²) in [6.07, 6.45) is 0. The lowest BCUT2D eigenvalue weighted by molar-refractivity contribution is 0.0959. The summed E-state index contributed by atoms with van der Waals surface area (Å²) >= 11 is 3.47. The van der Waals surface area contributed by atoms with Gasteiger partial charge < -0.3 is 10.3 Å². The maximum absolute atomic E-state index is 12.0. The van der Waals surface area contributed by atoms with Crippen LogP contribution in [-0.2, 0) is 7.05 Å². The molecule has 1 heterocycles. The SMILES string of the molecule is CC(N)C(=O)c1c(Br)c2ccccc2n1C. The van der Waals surface area contributed by atoms with E-state index in [0.29, 0.717) is 5.69 Å². The van der Waals surface area contributed by atoms with Crippen molar-refractivity contribution in [2.24, 2.45) is 12.8 Å². The third-order valence-corrected chi connectivity index (χ3v) is 3.49. The second-order valence-corrected chi connectivity index (χ2v) is 4.68. The Morgan fingerprint density at radius 1 is 1.44 bits per heavy atom. The van der Waals surface area contributed by atoms with E-state index in [2.05, 4.69) is 15.9 Å². The molecule has 1 unspecified atom stereocenters. The fraction of sp³-hybridized carbons (Fsp3) is 0.250. The van der Waals surface area contributed by atoms with Crippen LogP contribution in [0.5, 0.6) is 0 Å². The Labute approximate surface area is 102 Å². The van der Waals surface area contributed by atoms with E-state index in [4.69, 9.17) is 5.73 Å². The van der Waals surface area contributed by atoms with Crippen molar-refractivity contribution in [3.05, 3.63) is 34.4 Å². The summed E-state index contributed by atoms with van der Waals surface area (Å²) in [6, 6.07) is 7.39. The number of rotatable bonds is 2. The number of benzene rings is 1. The predicted molar refractivity (Wildman–Crippen MR) is 68.6 cm³/mol. The lowest BCUT2D eigenvalue weighted by Crippen LogP contribution is -2.28. The molecule has 0 aliphatic carbocycles. The van der Waals surface area contributed by atoms with Gasteiger partial charge in [-0.05, 0) is 28.9 Å². The summed E-state index contributed by atoms with van der Waals surface area (Å²) in [6.45, 7) is 1.70. The fourth-order valence-electron chi connectivity index (χ4n) is 1.84. The average molecular weight is 281 g/mol. The molecule has 0 bridgehead atoms. The summed E-state index contributed by atoms with van der Waals surface area (Å²) in [5.41, 5.74) is 7.31. The molecule has 1 aromatic carbocycles. The van der Waals surface area contributed by atoms with E-state index in [9.17, 15) is 4.79 Å². The van der Waals surface area contributed by atoms with Gasteiger partial charge in [-0.3, -0.25) is 4.79 Å². The molecular formula is C12H13BrN2O. The molecule has 4 heteroatoms. The highest BCUT2D eigenvalue weighted by molar-refractivity contribution is 9.10. The topological polar surface area (TPSA) is 48.0 Å². The summed E-state index contributed by atoms with van der Waals surface area (Å²) in [5.74, 6) is -0.0504. The summed E-state index contributed by atoms with van der Waals surface area (Å²) in [5, 5.41) is 1.04. The number of fused-ring (bicyclic) bond motifs is 1. The Bertz CT molecular complexity index is 518. The monoisotopic (exact) mass is 280 g/mol. The minimum absolute atomic E-state index is 0.0504. The molecule has 1 aromatic heterocycles. The maximum atomic E-state index is 12.0. The fourth-order valence-corrected chi connectivity index (χ4v) is 2.63. The van der Waals surface area contributed by atoms with E-state index < -0.39 is 6.04 Å². The number of hydrogen-bond donors (Lipinski definition) is 1. The van der Waals surface area contributed by atoms with Crippen molar-refractivity contribution in [1.82, 2.24) is 4.57 Å². The van der Waals surface area contributed by atoms with Crippen LogP contribution in [-0.4, -0.2) is 16.4 Å². The molecule has 1 atom stereocenters. The van der Waals surface area contributed by atoms with Gasteiger partial charge in [0.1, 0.15) is 5.69 Å². The van der Waals surface area contributed by atoms with Gasteiger partial charge in [0.25, 0.3) is 0 Å². The number of nitrogens with zero attached hydrogens (tertiary/aromatic N) is 1. The van der Waals surface area contributed by atoms with E-state index in [1.165, 1.54) is 0 Å². The van der Waals surface area contributed by atoms with Gasteiger partial charge in [-0.25, -0.2) is 0 Å². The second-order valence-electron chi connectivity index (χ2n) is 3.89. The van der Waals surface area contributed by atoms with Gasteiger partial charge in [-0.1, -0.05) is 18.2 Å². The van der Waals surface area contributed by atoms with Crippen molar-refractivity contribution in [2.45, 2.75) is 13.0 Å². The first kappa shape index (κ1) is 11.4. The quantitative estimate of drug-likeness (QED) is 0.860. The second kappa shape index (κ2) is 4.03. The van der Waals surface area contributed by atoms with Crippen LogP contribution >= 0.6 is 15.9 Å². The molecule has 2 rings (SSSR count). The van der Waals surface area contributed by atoms with Crippen LogP contribution in [0.25, 0.3) is 10.9 Å². The molecule has 0 amide bonds. The van der Waals surface area contributed by atoms with E-state index in [1.807, 2.05) is 35.9 Å². The van der Waals surface area contributed by atoms with E-state index in [0.717, 1.165) is 15.4 Å². The number of para-hydroxylation sites is 1. The van der Waals surface area contributed by atoms with E-state index in [-0.39, 0.29) is 5.78 Å². The van der Waals surface area contributed by atoms with Crippen LogP contribution < -0.4 is 5.73 Å². The Balaban J connectivity index is 2.76. The Hall–Kier alpha value is -1.13. The van der Waals surface area contributed by atoms with Crippen LogP contribution in [0.1, 0.15) is 17.4 Å². The van der Waals surface area contributed by atoms with Crippen molar-refractivity contribution in [2.75, 3.05) is 0 Å². The van der Waals surface area contributed by atoms with Crippen LogP contribution in [0.3, 0.4) is 0 Å². The molecule has 2 aromatic rings. The molecule has 2 N–H and O–H groups in total. The number of aryl methyl sites for hydroxylation is 1. The normalized spacial score (nSPS) is 13.0. The molecule has 0 aliphatic heterocycles. The molecule has 0 radical (unpaired) electrons. The molecule has 0 fully saturated rings. The molecule has 84 valence electrons. The first-order valence-corrected chi connectivity index (χ1v) is 5.86. The average Bonchev–Trinajstić information content (AvgIpc) is 2.52. The lowest BCUT2D eigenvalue weighted by atomic mass is 10.1. The zero-order valence-corrected chi connectivity index (χ0v) is 10.8. The predicted octanol–water partition coefficient (Wildman–Crippen LogP) is 2.47. The molecular weight excluding hydrogens is 268 g/mol. The number of halogens is 1. The third kappa shape index (κ3) is 1.58. The Kier molecular flexibility index (Phi) is 2.86. The summed E-state index contributed by atoms with van der Waals surface area (Å²) in [4.78, 5) is 12.0. The van der Waals surface area contributed by atoms with Crippen LogP contribution in [0.2, 0.25) is 0 Å². The van der Waals surface area contributed by atoms with Gasteiger partial charge in [0, 0.05) is 18.0 Å². The number of carbonyl (C=O) groups excluding carboxylic acids is 1. The molecule has 0 saturated carbocycles. The van der Waals surface area contributed by atoms with Gasteiger partial charge in [-0.2, -0.15) is 0 Å². The number of aromatic nitrogens is 1. The molecule has 0 aliphatic rings. The lowest BCUT2D eigenvalue weighted by Gasteiger charge is -2.06. The minimum Gasteiger partial charge on any atom is -0.340 e. The van der Waals surface area contributed by atoms with Crippen LogP contribution in [0, 0.1) is 0 Å². The highest BCUT2D eigenvalue weighted by Gasteiger charge is 2.21. The third-order valence-electron chi connectivity index (χ3n) is 2.69. The zero-order valence-electron chi connectivity index (χ0n) is 9.20. The molecule has 0 saturated heterocycles. The maximum Gasteiger partial charge on any atom is 0.196 e. The van der Waals surface area contributed by atoms with E-state index in [1.54, 1.807) is 6.92 Å². The summed E-state index contributed by atoms with van der Waals surface area (Å²) < 4.78 is 2.71. The van der Waals surface area contributed by atoms with Gasteiger partial charge in [0.15, 0.2) is 5.78 Å². The molecule has 0 spiro atoms. The Morgan fingerprint density at radius 2 is 2.06 bits per heavy atom. The highest BCUT2D eigenvalue weighted by Crippen LogP contribution is 2.30. The molecule has 16 heavy (non-hydrogen) atoms. The number of hydrogen-bond acceptors (Lipinski definition) is 2. The van der Waals surface area contributed by atoms with Crippen molar-refractivity contribution < 1.29 is 4.79 Å². The van der Waals surface area contributed by atoms with Crippen molar-refractivity contribution >= 4 is 32.6 Å². The Morgan fingerprint density at radius 3 is 2.62 bits per heavy atom. The van der Waals surface area contributed by atoms with Gasteiger partial charge in [-0.15, -0.1) is 0 Å². The summed E-state index contributed by atoms with van der Waals surface area (Å²) in [7, 11) is 1.88. The number of nitrogens with two attached hydrogens (primary N) is 1.